The number of carbonyl (C=O) groups is 2. The summed E-state index contributed by atoms with van der Waals surface area (Å²) in [7, 11) is 0. The Kier molecular flexibility index (Phi) is 6.31. The lowest BCUT2D eigenvalue weighted by Crippen LogP contribution is -2.27. The number of aryl methyl sites for hydroxylation is 1. The number of rotatable bonds is 4. The van der Waals surface area contributed by atoms with Gasteiger partial charge in [0.2, 0.25) is 0 Å². The van der Waals surface area contributed by atoms with Crippen LogP contribution < -0.4 is 16.8 Å². The summed E-state index contributed by atoms with van der Waals surface area (Å²) in [5, 5.41) is 6.44. The van der Waals surface area contributed by atoms with Gasteiger partial charge < -0.3 is 16.8 Å². The minimum Gasteiger partial charge on any atom is -0.397 e. The Hall–Kier alpha value is -2.94. The van der Waals surface area contributed by atoms with E-state index in [4.69, 9.17) is 28.1 Å². The Morgan fingerprint density at radius 2 is 1.92 bits per heavy atom. The van der Waals surface area contributed by atoms with E-state index in [2.05, 4.69) is 32.2 Å². The van der Waals surface area contributed by atoms with Crippen LogP contribution in [0.2, 0.25) is 5.02 Å². The minimum atomic E-state index is -0.622. The maximum atomic E-state index is 13.3. The number of nitrogen functional groups attached to an aromatic ring is 1. The van der Waals surface area contributed by atoms with Crippen molar-refractivity contribution in [3.8, 4) is 11.1 Å². The molecule has 0 saturated heterocycles. The van der Waals surface area contributed by atoms with Crippen LogP contribution in [0.1, 0.15) is 58.5 Å². The molecule has 3 aromatic heterocycles. The molecule has 1 unspecified atom stereocenters. The number of pyridine rings is 1. The van der Waals surface area contributed by atoms with Crippen LogP contribution in [-0.2, 0) is 12.8 Å². The molecule has 1 atom stereocenters. The number of thiophene rings is 2. The summed E-state index contributed by atoms with van der Waals surface area (Å²) in [6, 6.07) is 9.21. The van der Waals surface area contributed by atoms with E-state index in [1.807, 2.05) is 12.1 Å². The van der Waals surface area contributed by atoms with E-state index >= 15 is 0 Å². The molecule has 0 spiro atoms. The van der Waals surface area contributed by atoms with E-state index < -0.39 is 5.91 Å². The first kappa shape index (κ1) is 24.7. The number of amides is 2. The largest absolute Gasteiger partial charge is 0.397 e. The highest BCUT2D eigenvalue weighted by Gasteiger charge is 2.30. The van der Waals surface area contributed by atoms with Crippen LogP contribution >= 0.6 is 34.3 Å². The monoisotopic (exact) mass is 538 g/mol. The van der Waals surface area contributed by atoms with Crippen molar-refractivity contribution in [3.05, 3.63) is 62.4 Å². The molecule has 4 aromatic rings. The number of nitrogens with one attached hydrogen (secondary N) is 1. The fourth-order valence-electron chi connectivity index (χ4n) is 4.79. The SMILES string of the molecule is CC(C)(C)C1CCc2nc3sc(C(=O)Nc4scc(-c5ccc(Cl)cc5)c4C(N)=O)c(N)c3cc2C1. The lowest BCUT2D eigenvalue weighted by atomic mass is 9.71. The summed E-state index contributed by atoms with van der Waals surface area (Å²) >= 11 is 8.52. The van der Waals surface area contributed by atoms with Crippen molar-refractivity contribution in [3.63, 3.8) is 0 Å². The zero-order valence-corrected chi connectivity index (χ0v) is 22.7. The van der Waals surface area contributed by atoms with E-state index in [1.54, 1.807) is 17.5 Å². The van der Waals surface area contributed by atoms with Gasteiger partial charge in [-0.25, -0.2) is 4.98 Å². The first-order chi connectivity index (χ1) is 17.0. The summed E-state index contributed by atoms with van der Waals surface area (Å²) in [5.41, 5.74) is 16.8. The number of hydrogen-bond acceptors (Lipinski definition) is 6. The second-order valence-electron chi connectivity index (χ2n) is 10.3. The third-order valence-corrected chi connectivity index (χ3v) is 9.20. The molecule has 186 valence electrons. The molecule has 36 heavy (non-hydrogen) atoms. The van der Waals surface area contributed by atoms with Crippen LogP contribution in [0.3, 0.4) is 0 Å². The van der Waals surface area contributed by atoms with Crippen molar-refractivity contribution in [2.45, 2.75) is 40.0 Å². The summed E-state index contributed by atoms with van der Waals surface area (Å²) < 4.78 is 0. The molecule has 9 heteroatoms. The minimum absolute atomic E-state index is 0.224. The van der Waals surface area contributed by atoms with Crippen molar-refractivity contribution < 1.29 is 9.59 Å². The molecule has 0 bridgehead atoms. The van der Waals surface area contributed by atoms with Crippen molar-refractivity contribution in [1.29, 1.82) is 0 Å². The number of primary amides is 1. The standard InChI is InChI=1S/C27H27ClN4O2S2/c1-27(2,3)15-6-9-19-14(10-15)11-17-21(29)22(36-25(17)31-19)24(34)32-26-20(23(30)33)18(12-35-26)13-4-7-16(28)8-5-13/h4-5,7-8,11-12,15H,6,9-10,29H2,1-3H3,(H2,30,33)(H,32,34). The van der Waals surface area contributed by atoms with E-state index in [0.717, 1.165) is 40.7 Å². The normalized spacial score (nSPS) is 15.6. The summed E-state index contributed by atoms with van der Waals surface area (Å²) in [6.45, 7) is 6.83. The third kappa shape index (κ3) is 4.49. The van der Waals surface area contributed by atoms with Gasteiger partial charge in [0.05, 0.1) is 11.3 Å². The van der Waals surface area contributed by atoms with Crippen molar-refractivity contribution >= 4 is 67.0 Å². The molecule has 1 aliphatic rings. The zero-order chi connectivity index (χ0) is 25.8. The summed E-state index contributed by atoms with van der Waals surface area (Å²) in [6.07, 6.45) is 2.99. The van der Waals surface area contributed by atoms with Crippen LogP contribution in [0.5, 0.6) is 0 Å². The van der Waals surface area contributed by atoms with Crippen LogP contribution in [0.25, 0.3) is 21.3 Å². The molecule has 3 heterocycles. The summed E-state index contributed by atoms with van der Waals surface area (Å²) in [4.78, 5) is 31.6. The molecule has 5 N–H and O–H groups in total. The third-order valence-electron chi connectivity index (χ3n) is 6.94. The second kappa shape index (κ2) is 9.18. The number of nitrogens with zero attached hydrogens (tertiary/aromatic N) is 1. The summed E-state index contributed by atoms with van der Waals surface area (Å²) in [5.74, 6) is -0.427. The molecule has 6 nitrogen and oxygen atoms in total. The molecule has 0 aliphatic heterocycles. The van der Waals surface area contributed by atoms with Crippen molar-refractivity contribution in [2.24, 2.45) is 17.1 Å². The Bertz CT molecular complexity index is 1500. The maximum Gasteiger partial charge on any atom is 0.268 e. The first-order valence-electron chi connectivity index (χ1n) is 11.7. The first-order valence-corrected chi connectivity index (χ1v) is 13.8. The van der Waals surface area contributed by atoms with Crippen LogP contribution in [0.4, 0.5) is 10.7 Å². The van der Waals surface area contributed by atoms with E-state index in [1.165, 1.54) is 28.2 Å². The maximum absolute atomic E-state index is 13.3. The van der Waals surface area contributed by atoms with Gasteiger partial charge in [-0.05, 0) is 59.9 Å². The van der Waals surface area contributed by atoms with E-state index in [9.17, 15) is 9.59 Å². The smallest absolute Gasteiger partial charge is 0.268 e. The molecule has 5 rings (SSSR count). The highest BCUT2D eigenvalue weighted by Crippen LogP contribution is 2.41. The van der Waals surface area contributed by atoms with Crippen LogP contribution in [0.15, 0.2) is 35.7 Å². The Morgan fingerprint density at radius 1 is 1.19 bits per heavy atom. The molecular formula is C27H27ClN4O2S2. The number of halogens is 1. The van der Waals surface area contributed by atoms with Crippen molar-refractivity contribution in [2.75, 3.05) is 11.1 Å². The molecule has 0 radical (unpaired) electrons. The molecule has 0 saturated carbocycles. The topological polar surface area (TPSA) is 111 Å². The van der Waals surface area contributed by atoms with Gasteiger partial charge in [-0.2, -0.15) is 0 Å². The Labute approximate surface area is 222 Å². The van der Waals surface area contributed by atoms with Gasteiger partial charge in [0.1, 0.15) is 14.7 Å². The lowest BCUT2D eigenvalue weighted by Gasteiger charge is -2.34. The van der Waals surface area contributed by atoms with Crippen LogP contribution in [-0.4, -0.2) is 16.8 Å². The fourth-order valence-corrected chi connectivity index (χ4v) is 6.88. The Morgan fingerprint density at radius 3 is 2.58 bits per heavy atom. The number of hydrogen-bond donors (Lipinski definition) is 3. The molecule has 2 amide bonds. The molecule has 1 aliphatic carbocycles. The highest BCUT2D eigenvalue weighted by molar-refractivity contribution is 7.21. The fraction of sp³-hybridized carbons (Fsp3) is 0.296. The predicted molar refractivity (Wildman–Crippen MR) is 150 cm³/mol. The van der Waals surface area contributed by atoms with Gasteiger partial charge in [0.25, 0.3) is 11.8 Å². The van der Waals surface area contributed by atoms with Crippen molar-refractivity contribution in [1.82, 2.24) is 4.98 Å². The number of nitrogens with two attached hydrogens (primary N) is 2. The lowest BCUT2D eigenvalue weighted by molar-refractivity contribution is 0.100. The quantitative estimate of drug-likeness (QED) is 0.266. The average molecular weight is 539 g/mol. The van der Waals surface area contributed by atoms with Gasteiger partial charge in [0, 0.05) is 27.0 Å². The molecule has 0 fully saturated rings. The van der Waals surface area contributed by atoms with Gasteiger partial charge >= 0.3 is 0 Å². The zero-order valence-electron chi connectivity index (χ0n) is 20.3. The number of aromatic nitrogens is 1. The Balaban J connectivity index is 1.47. The van der Waals surface area contributed by atoms with E-state index in [0.29, 0.717) is 32.1 Å². The predicted octanol–water partition coefficient (Wildman–Crippen LogP) is 6.76. The number of carbonyl (C=O) groups excluding carboxylic acids is 2. The number of anilines is 2. The highest BCUT2D eigenvalue weighted by atomic mass is 35.5. The molecule has 1 aromatic carbocycles. The second-order valence-corrected chi connectivity index (χ2v) is 12.6. The number of benzene rings is 1. The van der Waals surface area contributed by atoms with Gasteiger partial charge in [0.15, 0.2) is 0 Å². The van der Waals surface area contributed by atoms with Gasteiger partial charge in [-0.3, -0.25) is 9.59 Å². The van der Waals surface area contributed by atoms with Crippen LogP contribution in [0, 0.1) is 11.3 Å². The van der Waals surface area contributed by atoms with Gasteiger partial charge in [-0.15, -0.1) is 22.7 Å². The molecular weight excluding hydrogens is 512 g/mol. The number of fused-ring (bicyclic) bond motifs is 2. The average Bonchev–Trinajstić information content (AvgIpc) is 3.38. The van der Waals surface area contributed by atoms with Gasteiger partial charge in [-0.1, -0.05) is 44.5 Å². The van der Waals surface area contributed by atoms with E-state index in [-0.39, 0.29) is 16.9 Å².